The van der Waals surface area contributed by atoms with E-state index in [1.807, 2.05) is 13.8 Å². The summed E-state index contributed by atoms with van der Waals surface area (Å²) in [7, 11) is 0. The lowest BCUT2D eigenvalue weighted by molar-refractivity contribution is -0.131. The summed E-state index contributed by atoms with van der Waals surface area (Å²) in [6.45, 7) is 3.94. The molecule has 2 aliphatic heterocycles. The maximum atomic E-state index is 12.4. The largest absolute Gasteiger partial charge is 0.337 e. The number of carbonyl (C=O) groups excluding carboxylic acids is 2. The van der Waals surface area contributed by atoms with E-state index in [2.05, 4.69) is 15.5 Å². The third kappa shape index (κ3) is 2.07. The minimum Gasteiger partial charge on any atom is -0.337 e. The zero-order valence-electron chi connectivity index (χ0n) is 11.4. The normalized spacial score (nSPS) is 26.1. The molecule has 108 valence electrons. The van der Waals surface area contributed by atoms with Gasteiger partial charge in [-0.3, -0.25) is 9.69 Å². The third-order valence-electron chi connectivity index (χ3n) is 3.56. The Balaban J connectivity index is 1.76. The van der Waals surface area contributed by atoms with Crippen LogP contribution in [0.4, 0.5) is 4.79 Å². The molecule has 0 aliphatic carbocycles. The highest BCUT2D eigenvalue weighted by Gasteiger charge is 2.53. The number of urea groups is 1. The molecule has 1 aromatic rings. The van der Waals surface area contributed by atoms with Crippen LogP contribution in [-0.4, -0.2) is 44.0 Å². The van der Waals surface area contributed by atoms with Crippen LogP contribution in [0.25, 0.3) is 0 Å². The smallest absolute Gasteiger partial charge is 0.325 e. The second-order valence-corrected chi connectivity index (χ2v) is 6.51. The summed E-state index contributed by atoms with van der Waals surface area (Å²) in [5.41, 5.74) is -0.720. The van der Waals surface area contributed by atoms with E-state index in [1.54, 1.807) is 11.8 Å². The van der Waals surface area contributed by atoms with Gasteiger partial charge in [0.05, 0.1) is 0 Å². The predicted octanol–water partition coefficient (Wildman–Crippen LogP) is 1.12. The predicted molar refractivity (Wildman–Crippen MR) is 72.1 cm³/mol. The minimum absolute atomic E-state index is 0.0385. The van der Waals surface area contributed by atoms with Gasteiger partial charge in [-0.2, -0.15) is 16.7 Å². The standard InChI is InChI=1S/C12H16N4O3S/c1-7(2)9-13-8(19-15-9)5-16-10(17)12(14-11(16)18)3-4-20-6-12/h7H,3-6H2,1-2H3,(H,14,18). The van der Waals surface area contributed by atoms with Gasteiger partial charge in [-0.05, 0) is 12.2 Å². The molecule has 20 heavy (non-hydrogen) atoms. The van der Waals surface area contributed by atoms with Crippen molar-refractivity contribution in [2.45, 2.75) is 38.3 Å². The van der Waals surface area contributed by atoms with Crippen LogP contribution >= 0.6 is 11.8 Å². The molecular weight excluding hydrogens is 280 g/mol. The van der Waals surface area contributed by atoms with E-state index in [0.29, 0.717) is 23.9 Å². The Labute approximate surface area is 120 Å². The fraction of sp³-hybridized carbons (Fsp3) is 0.667. The number of hydrogen-bond acceptors (Lipinski definition) is 6. The van der Waals surface area contributed by atoms with Crippen molar-refractivity contribution in [3.05, 3.63) is 11.7 Å². The zero-order chi connectivity index (χ0) is 14.3. The van der Waals surface area contributed by atoms with Crippen LogP contribution in [0, 0.1) is 0 Å². The van der Waals surface area contributed by atoms with E-state index in [1.165, 1.54) is 4.90 Å². The Morgan fingerprint density at radius 2 is 2.30 bits per heavy atom. The maximum Gasteiger partial charge on any atom is 0.325 e. The molecule has 3 heterocycles. The fourth-order valence-electron chi connectivity index (χ4n) is 2.35. The van der Waals surface area contributed by atoms with Gasteiger partial charge < -0.3 is 9.84 Å². The fourth-order valence-corrected chi connectivity index (χ4v) is 3.68. The molecule has 1 atom stereocenters. The molecule has 1 aromatic heterocycles. The molecule has 3 amide bonds. The summed E-state index contributed by atoms with van der Waals surface area (Å²) in [6, 6.07) is -0.373. The second kappa shape index (κ2) is 4.76. The van der Waals surface area contributed by atoms with Gasteiger partial charge >= 0.3 is 6.03 Å². The molecule has 2 aliphatic rings. The van der Waals surface area contributed by atoms with Gasteiger partial charge in [0.25, 0.3) is 5.91 Å². The summed E-state index contributed by atoms with van der Waals surface area (Å²) in [5, 5.41) is 6.64. The zero-order valence-corrected chi connectivity index (χ0v) is 12.2. The summed E-state index contributed by atoms with van der Waals surface area (Å²) in [5.74, 6) is 2.36. The molecule has 0 bridgehead atoms. The number of thioether (sulfide) groups is 1. The monoisotopic (exact) mass is 296 g/mol. The lowest BCUT2D eigenvalue weighted by Crippen LogP contribution is -2.46. The van der Waals surface area contributed by atoms with Crippen LogP contribution in [0.2, 0.25) is 0 Å². The van der Waals surface area contributed by atoms with Gasteiger partial charge in [0.2, 0.25) is 5.89 Å². The molecule has 1 unspecified atom stereocenters. The quantitative estimate of drug-likeness (QED) is 0.841. The Kier molecular flexibility index (Phi) is 3.19. The van der Waals surface area contributed by atoms with Gasteiger partial charge in [0, 0.05) is 11.7 Å². The lowest BCUT2D eigenvalue weighted by atomic mass is 9.99. The summed E-state index contributed by atoms with van der Waals surface area (Å²) < 4.78 is 5.10. The van der Waals surface area contributed by atoms with Gasteiger partial charge in [0.15, 0.2) is 5.82 Å². The highest BCUT2D eigenvalue weighted by molar-refractivity contribution is 7.99. The van der Waals surface area contributed by atoms with Gasteiger partial charge in [0.1, 0.15) is 12.1 Å². The molecule has 7 nitrogen and oxygen atoms in total. The number of imide groups is 1. The van der Waals surface area contributed by atoms with Crippen molar-refractivity contribution in [1.82, 2.24) is 20.4 Å². The van der Waals surface area contributed by atoms with Gasteiger partial charge in [-0.15, -0.1) is 0 Å². The first kappa shape index (κ1) is 13.4. The maximum absolute atomic E-state index is 12.4. The molecule has 2 saturated heterocycles. The first-order valence-electron chi connectivity index (χ1n) is 6.56. The average molecular weight is 296 g/mol. The Hall–Kier alpha value is -1.57. The number of rotatable bonds is 3. The van der Waals surface area contributed by atoms with Crippen molar-refractivity contribution < 1.29 is 14.1 Å². The van der Waals surface area contributed by atoms with E-state index >= 15 is 0 Å². The molecule has 1 spiro atoms. The molecule has 8 heteroatoms. The number of amides is 3. The Morgan fingerprint density at radius 3 is 2.90 bits per heavy atom. The van der Waals surface area contributed by atoms with E-state index in [9.17, 15) is 9.59 Å². The van der Waals surface area contributed by atoms with Crippen molar-refractivity contribution in [3.8, 4) is 0 Å². The topological polar surface area (TPSA) is 88.3 Å². The Bertz CT molecular complexity index is 551. The van der Waals surface area contributed by atoms with Crippen LogP contribution in [0.1, 0.15) is 37.9 Å². The van der Waals surface area contributed by atoms with Crippen LogP contribution in [0.15, 0.2) is 4.52 Å². The van der Waals surface area contributed by atoms with Gasteiger partial charge in [-0.25, -0.2) is 4.79 Å². The summed E-state index contributed by atoms with van der Waals surface area (Å²) in [6.07, 6.45) is 0.680. The molecule has 0 radical (unpaired) electrons. The van der Waals surface area contributed by atoms with Crippen LogP contribution < -0.4 is 5.32 Å². The van der Waals surface area contributed by atoms with E-state index in [0.717, 1.165) is 5.75 Å². The van der Waals surface area contributed by atoms with E-state index < -0.39 is 5.54 Å². The highest BCUT2D eigenvalue weighted by atomic mass is 32.2. The number of nitrogens with one attached hydrogen (secondary N) is 1. The van der Waals surface area contributed by atoms with Crippen molar-refractivity contribution in [2.75, 3.05) is 11.5 Å². The number of carbonyl (C=O) groups is 2. The van der Waals surface area contributed by atoms with E-state index in [4.69, 9.17) is 4.52 Å². The molecule has 0 aromatic carbocycles. The summed E-state index contributed by atoms with van der Waals surface area (Å²) in [4.78, 5) is 29.8. The minimum atomic E-state index is -0.720. The van der Waals surface area contributed by atoms with Gasteiger partial charge in [-0.1, -0.05) is 19.0 Å². The molecule has 0 saturated carbocycles. The highest BCUT2D eigenvalue weighted by Crippen LogP contribution is 2.33. The number of hydrogen-bond donors (Lipinski definition) is 1. The SMILES string of the molecule is CC(C)c1noc(CN2C(=O)NC3(CCSC3)C2=O)n1. The average Bonchev–Trinajstić information content (AvgIpc) is 3.08. The van der Waals surface area contributed by atoms with Crippen molar-refractivity contribution in [2.24, 2.45) is 0 Å². The van der Waals surface area contributed by atoms with Crippen molar-refractivity contribution in [3.63, 3.8) is 0 Å². The van der Waals surface area contributed by atoms with Crippen LogP contribution in [0.5, 0.6) is 0 Å². The van der Waals surface area contributed by atoms with Crippen molar-refractivity contribution in [1.29, 1.82) is 0 Å². The lowest BCUT2D eigenvalue weighted by Gasteiger charge is -2.18. The molecule has 1 N–H and O–H groups in total. The second-order valence-electron chi connectivity index (χ2n) is 5.41. The van der Waals surface area contributed by atoms with Crippen LogP contribution in [-0.2, 0) is 11.3 Å². The molecular formula is C12H16N4O3S. The Morgan fingerprint density at radius 1 is 1.50 bits per heavy atom. The first-order valence-corrected chi connectivity index (χ1v) is 7.72. The number of nitrogens with zero attached hydrogens (tertiary/aromatic N) is 3. The van der Waals surface area contributed by atoms with Crippen LogP contribution in [0.3, 0.4) is 0 Å². The van der Waals surface area contributed by atoms with E-state index in [-0.39, 0.29) is 24.4 Å². The first-order chi connectivity index (χ1) is 9.52. The molecule has 3 rings (SSSR count). The third-order valence-corrected chi connectivity index (χ3v) is 4.75. The molecule has 2 fully saturated rings. The van der Waals surface area contributed by atoms with Crippen molar-refractivity contribution >= 4 is 23.7 Å². The number of aromatic nitrogens is 2. The summed E-state index contributed by atoms with van der Waals surface area (Å²) >= 11 is 1.68.